The van der Waals surface area contributed by atoms with Gasteiger partial charge >= 0.3 is 5.97 Å². The van der Waals surface area contributed by atoms with Gasteiger partial charge in [0, 0.05) is 36.6 Å². The molecule has 0 aliphatic heterocycles. The zero-order chi connectivity index (χ0) is 20.4. The van der Waals surface area contributed by atoms with E-state index in [0.29, 0.717) is 16.8 Å². The molecule has 0 unspecified atom stereocenters. The van der Waals surface area contributed by atoms with E-state index in [1.54, 1.807) is 45.7 Å². The van der Waals surface area contributed by atoms with Crippen molar-refractivity contribution in [2.75, 3.05) is 12.4 Å². The first-order valence-electron chi connectivity index (χ1n) is 9.64. The summed E-state index contributed by atoms with van der Waals surface area (Å²) in [5.74, 6) is -0.641. The largest absolute Gasteiger partial charge is 0.465 e. The third kappa shape index (κ3) is 3.78. The number of nitrogens with zero attached hydrogens (tertiary/aromatic N) is 3. The predicted molar refractivity (Wildman–Crippen MR) is 107 cm³/mol. The lowest BCUT2D eigenvalue weighted by molar-refractivity contribution is -0.116. The van der Waals surface area contributed by atoms with Crippen LogP contribution in [-0.2, 0) is 28.9 Å². The van der Waals surface area contributed by atoms with E-state index in [2.05, 4.69) is 15.2 Å². The van der Waals surface area contributed by atoms with Crippen LogP contribution >= 0.6 is 0 Å². The molecule has 0 saturated carbocycles. The Balaban J connectivity index is 1.44. The molecule has 1 aromatic carbocycles. The van der Waals surface area contributed by atoms with Crippen molar-refractivity contribution in [1.29, 1.82) is 0 Å². The molecule has 4 rings (SSSR count). The molecule has 150 valence electrons. The van der Waals surface area contributed by atoms with E-state index in [9.17, 15) is 14.4 Å². The van der Waals surface area contributed by atoms with E-state index in [-0.39, 0.29) is 24.4 Å². The number of fused-ring (bicyclic) bond motifs is 3. The standard InChI is InChI=1S/C21H22N4O4/c1-29-21(28)14-6-8-15(9-7-14)22-18(26)10-11-24-12-13-25-19(20(24)27)16-4-2-3-5-17(16)23-25/h6-9,12-13H,2-5,10-11H2,1H3,(H,22,26). The minimum atomic E-state index is -0.431. The van der Waals surface area contributed by atoms with Gasteiger partial charge in [0.2, 0.25) is 5.91 Å². The van der Waals surface area contributed by atoms with Crippen LogP contribution in [0.1, 0.15) is 40.9 Å². The summed E-state index contributed by atoms with van der Waals surface area (Å²) >= 11 is 0. The van der Waals surface area contributed by atoms with Gasteiger partial charge in [0.05, 0.1) is 18.4 Å². The predicted octanol–water partition coefficient (Wildman–Crippen LogP) is 2.19. The molecule has 8 nitrogen and oxygen atoms in total. The fourth-order valence-electron chi connectivity index (χ4n) is 3.68. The van der Waals surface area contributed by atoms with Crippen LogP contribution in [0.4, 0.5) is 5.69 Å². The number of amides is 1. The number of methoxy groups -OCH3 is 1. The van der Waals surface area contributed by atoms with Crippen molar-refractivity contribution in [3.63, 3.8) is 0 Å². The third-order valence-electron chi connectivity index (χ3n) is 5.20. The second kappa shape index (κ2) is 7.90. The normalized spacial score (nSPS) is 13.1. The van der Waals surface area contributed by atoms with Gasteiger partial charge in [0.15, 0.2) is 0 Å². The number of aryl methyl sites for hydroxylation is 3. The lowest BCUT2D eigenvalue weighted by Gasteiger charge is -2.10. The Kier molecular flexibility index (Phi) is 5.16. The lowest BCUT2D eigenvalue weighted by atomic mass is 9.97. The number of hydrogen-bond donors (Lipinski definition) is 1. The zero-order valence-electron chi connectivity index (χ0n) is 16.2. The van der Waals surface area contributed by atoms with Crippen molar-refractivity contribution in [3.8, 4) is 0 Å². The van der Waals surface area contributed by atoms with E-state index in [1.807, 2.05) is 0 Å². The summed E-state index contributed by atoms with van der Waals surface area (Å²) in [5.41, 5.74) is 3.56. The molecule has 0 bridgehead atoms. The van der Waals surface area contributed by atoms with E-state index in [1.165, 1.54) is 7.11 Å². The number of carbonyl (C=O) groups excluding carboxylic acids is 2. The number of aromatic nitrogens is 3. The summed E-state index contributed by atoms with van der Waals surface area (Å²) in [6.45, 7) is 0.279. The molecule has 1 aliphatic rings. The molecular formula is C21H22N4O4. The molecule has 0 radical (unpaired) electrons. The maximum Gasteiger partial charge on any atom is 0.337 e. The van der Waals surface area contributed by atoms with Crippen LogP contribution in [0, 0.1) is 0 Å². The summed E-state index contributed by atoms with van der Waals surface area (Å²) in [6, 6.07) is 6.45. The minimum Gasteiger partial charge on any atom is -0.465 e. The van der Waals surface area contributed by atoms with Gasteiger partial charge in [-0.1, -0.05) is 0 Å². The van der Waals surface area contributed by atoms with Gasteiger partial charge in [0.25, 0.3) is 5.56 Å². The second-order valence-corrected chi connectivity index (χ2v) is 7.09. The molecule has 0 fully saturated rings. The number of esters is 1. The Hall–Kier alpha value is -3.42. The van der Waals surface area contributed by atoms with Crippen LogP contribution in [0.2, 0.25) is 0 Å². The molecule has 2 aromatic heterocycles. The Labute approximate surface area is 167 Å². The summed E-state index contributed by atoms with van der Waals surface area (Å²) in [6.07, 6.45) is 7.56. The van der Waals surface area contributed by atoms with Gasteiger partial charge in [-0.25, -0.2) is 9.31 Å². The van der Waals surface area contributed by atoms with Crippen LogP contribution in [0.3, 0.4) is 0 Å². The van der Waals surface area contributed by atoms with Gasteiger partial charge in [-0.2, -0.15) is 5.10 Å². The number of hydrogen-bond acceptors (Lipinski definition) is 5. The van der Waals surface area contributed by atoms with Crippen molar-refractivity contribution in [2.45, 2.75) is 38.6 Å². The first-order valence-corrected chi connectivity index (χ1v) is 9.64. The number of benzene rings is 1. The van der Waals surface area contributed by atoms with Crippen molar-refractivity contribution in [2.24, 2.45) is 0 Å². The summed E-state index contributed by atoms with van der Waals surface area (Å²) in [7, 11) is 1.32. The maximum absolute atomic E-state index is 12.9. The molecule has 0 saturated heterocycles. The molecule has 3 aromatic rings. The Morgan fingerprint density at radius 3 is 2.66 bits per heavy atom. The Morgan fingerprint density at radius 1 is 1.14 bits per heavy atom. The third-order valence-corrected chi connectivity index (χ3v) is 5.20. The molecule has 0 atom stereocenters. The summed E-state index contributed by atoms with van der Waals surface area (Å²) in [4.78, 5) is 36.6. The van der Waals surface area contributed by atoms with Crippen LogP contribution in [0.15, 0.2) is 41.5 Å². The SMILES string of the molecule is COC(=O)c1ccc(NC(=O)CCn2ccn3nc4c(c3c2=O)CCCC4)cc1. The number of anilines is 1. The van der Waals surface area contributed by atoms with E-state index < -0.39 is 5.97 Å². The minimum absolute atomic E-state index is 0.113. The molecule has 29 heavy (non-hydrogen) atoms. The van der Waals surface area contributed by atoms with Crippen LogP contribution in [0.25, 0.3) is 5.52 Å². The fourth-order valence-corrected chi connectivity index (χ4v) is 3.68. The monoisotopic (exact) mass is 394 g/mol. The fraction of sp³-hybridized carbons (Fsp3) is 0.333. The van der Waals surface area contributed by atoms with Crippen molar-refractivity contribution in [3.05, 3.63) is 63.8 Å². The van der Waals surface area contributed by atoms with E-state index >= 15 is 0 Å². The highest BCUT2D eigenvalue weighted by Crippen LogP contribution is 2.22. The number of nitrogens with one attached hydrogen (secondary N) is 1. The topological polar surface area (TPSA) is 94.7 Å². The molecular weight excluding hydrogens is 372 g/mol. The highest BCUT2D eigenvalue weighted by atomic mass is 16.5. The first-order chi connectivity index (χ1) is 14.1. The number of carbonyl (C=O) groups is 2. The zero-order valence-corrected chi connectivity index (χ0v) is 16.2. The average Bonchev–Trinajstić information content (AvgIpc) is 3.12. The van der Waals surface area contributed by atoms with Crippen molar-refractivity contribution < 1.29 is 14.3 Å². The van der Waals surface area contributed by atoms with Gasteiger partial charge in [0.1, 0.15) is 5.52 Å². The summed E-state index contributed by atoms with van der Waals surface area (Å²) < 4.78 is 7.88. The van der Waals surface area contributed by atoms with Gasteiger partial charge in [-0.3, -0.25) is 9.59 Å². The van der Waals surface area contributed by atoms with Gasteiger partial charge in [-0.15, -0.1) is 0 Å². The van der Waals surface area contributed by atoms with Crippen LogP contribution < -0.4 is 10.9 Å². The Bertz CT molecular complexity index is 1130. The van der Waals surface area contributed by atoms with E-state index in [4.69, 9.17) is 0 Å². The molecule has 8 heteroatoms. The molecule has 1 aliphatic carbocycles. The van der Waals surface area contributed by atoms with Gasteiger partial charge in [-0.05, 0) is 49.9 Å². The van der Waals surface area contributed by atoms with Crippen LogP contribution in [0.5, 0.6) is 0 Å². The maximum atomic E-state index is 12.9. The molecule has 0 spiro atoms. The average molecular weight is 394 g/mol. The van der Waals surface area contributed by atoms with Gasteiger partial charge < -0.3 is 14.6 Å². The highest BCUT2D eigenvalue weighted by molar-refractivity contribution is 5.93. The second-order valence-electron chi connectivity index (χ2n) is 7.09. The summed E-state index contributed by atoms with van der Waals surface area (Å²) in [5, 5.41) is 7.30. The van der Waals surface area contributed by atoms with Crippen molar-refractivity contribution >= 4 is 23.1 Å². The molecule has 1 N–H and O–H groups in total. The number of rotatable bonds is 5. The quantitative estimate of drug-likeness (QED) is 0.670. The lowest BCUT2D eigenvalue weighted by Crippen LogP contribution is -2.24. The number of ether oxygens (including phenoxy) is 1. The van der Waals surface area contributed by atoms with E-state index in [0.717, 1.165) is 36.9 Å². The molecule has 1 amide bonds. The van der Waals surface area contributed by atoms with Crippen molar-refractivity contribution in [1.82, 2.24) is 14.2 Å². The smallest absolute Gasteiger partial charge is 0.337 e. The first kappa shape index (κ1) is 18.9. The molecule has 2 heterocycles. The highest BCUT2D eigenvalue weighted by Gasteiger charge is 2.19. The van der Waals surface area contributed by atoms with Crippen LogP contribution in [-0.4, -0.2) is 33.2 Å². The Morgan fingerprint density at radius 2 is 1.90 bits per heavy atom.